The third-order valence-corrected chi connectivity index (χ3v) is 8.64. The van der Waals surface area contributed by atoms with Gasteiger partial charge in [-0.3, -0.25) is 4.90 Å². The van der Waals surface area contributed by atoms with E-state index in [9.17, 15) is 9.90 Å². The minimum atomic E-state index is -1.10. The van der Waals surface area contributed by atoms with Crippen molar-refractivity contribution in [3.8, 4) is 0 Å². The van der Waals surface area contributed by atoms with Gasteiger partial charge < -0.3 is 15.0 Å². The number of carboxylic acid groups (broad SMARTS) is 1. The van der Waals surface area contributed by atoms with Crippen molar-refractivity contribution in [3.05, 3.63) is 11.6 Å². The Morgan fingerprint density at radius 1 is 1.09 bits per heavy atom. The van der Waals surface area contributed by atoms with Gasteiger partial charge in [0.2, 0.25) is 5.82 Å². The number of piperidine rings is 1. The van der Waals surface area contributed by atoms with Gasteiger partial charge in [-0.2, -0.15) is 0 Å². The highest BCUT2D eigenvalue weighted by Crippen LogP contribution is 2.38. The van der Waals surface area contributed by atoms with Gasteiger partial charge >= 0.3 is 5.97 Å². The van der Waals surface area contributed by atoms with Gasteiger partial charge in [-0.05, 0) is 76.8 Å². The summed E-state index contributed by atoms with van der Waals surface area (Å²) in [5.41, 5.74) is 1.41. The number of hydrogen-bond acceptors (Lipinski definition) is 6. The van der Waals surface area contributed by atoms with Crippen molar-refractivity contribution < 1.29 is 9.90 Å². The number of hydrogen-bond donors (Lipinski definition) is 2. The number of aromatic nitrogens is 4. The Kier molecular flexibility index (Phi) is 6.78. The third kappa shape index (κ3) is 4.66. The van der Waals surface area contributed by atoms with Gasteiger partial charge in [0.05, 0.1) is 6.04 Å². The topological polar surface area (TPSA) is 96.2 Å². The van der Waals surface area contributed by atoms with Gasteiger partial charge in [-0.15, -0.1) is 0 Å². The molecule has 0 aromatic carbocycles. The first-order chi connectivity index (χ1) is 16.4. The second kappa shape index (κ2) is 9.80. The van der Waals surface area contributed by atoms with Crippen LogP contribution in [0.4, 0.5) is 5.82 Å². The average molecular weight is 469 g/mol. The molecule has 0 radical (unpaired) electrons. The fourth-order valence-electron chi connectivity index (χ4n) is 6.15. The fraction of sp³-hybridized carbons (Fsp3) is 0.769. The fourth-order valence-corrected chi connectivity index (χ4v) is 6.15. The van der Waals surface area contributed by atoms with Crippen LogP contribution in [0.2, 0.25) is 0 Å². The molecular formula is C26H40N6O2. The first-order valence-electron chi connectivity index (χ1n) is 13.4. The molecule has 8 nitrogen and oxygen atoms in total. The van der Waals surface area contributed by atoms with Crippen LogP contribution in [-0.2, 0) is 6.54 Å². The Balaban J connectivity index is 1.62. The largest absolute Gasteiger partial charge is 0.475 e. The van der Waals surface area contributed by atoms with Crippen LogP contribution >= 0.6 is 0 Å². The number of aromatic carboxylic acids is 1. The zero-order valence-corrected chi connectivity index (χ0v) is 21.0. The van der Waals surface area contributed by atoms with Crippen molar-refractivity contribution in [3.63, 3.8) is 0 Å². The average Bonchev–Trinajstić information content (AvgIpc) is 3.13. The molecule has 2 aliphatic carbocycles. The van der Waals surface area contributed by atoms with Crippen molar-refractivity contribution in [2.45, 2.75) is 96.7 Å². The van der Waals surface area contributed by atoms with Crippen LogP contribution in [0.15, 0.2) is 0 Å². The molecule has 3 unspecified atom stereocenters. The van der Waals surface area contributed by atoms with Crippen molar-refractivity contribution >= 4 is 23.0 Å². The predicted molar refractivity (Wildman–Crippen MR) is 133 cm³/mol. The van der Waals surface area contributed by atoms with Crippen LogP contribution in [-0.4, -0.2) is 55.1 Å². The van der Waals surface area contributed by atoms with E-state index in [1.165, 1.54) is 57.8 Å². The van der Waals surface area contributed by atoms with E-state index in [0.29, 0.717) is 29.2 Å². The van der Waals surface area contributed by atoms with Crippen LogP contribution in [0.3, 0.4) is 0 Å². The maximum Gasteiger partial charge on any atom is 0.374 e. The predicted octanol–water partition coefficient (Wildman–Crippen LogP) is 5.11. The van der Waals surface area contributed by atoms with Gasteiger partial charge in [-0.1, -0.05) is 32.6 Å². The third-order valence-electron chi connectivity index (χ3n) is 8.64. The number of carbonyl (C=O) groups is 1. The molecular weight excluding hydrogens is 428 g/mol. The minimum Gasteiger partial charge on any atom is -0.475 e. The molecule has 2 aromatic heterocycles. The lowest BCUT2D eigenvalue weighted by atomic mass is 9.80. The van der Waals surface area contributed by atoms with E-state index in [2.05, 4.69) is 45.6 Å². The number of likely N-dealkylation sites (tertiary alicyclic amines) is 1. The van der Waals surface area contributed by atoms with Gasteiger partial charge in [0, 0.05) is 12.6 Å². The maximum absolute atomic E-state index is 11.9. The molecule has 2 N–H and O–H groups in total. The molecule has 3 aliphatic rings. The molecule has 0 bridgehead atoms. The van der Waals surface area contributed by atoms with Crippen LogP contribution in [0.5, 0.6) is 0 Å². The summed E-state index contributed by atoms with van der Waals surface area (Å²) in [7, 11) is 2.19. The van der Waals surface area contributed by atoms with E-state index in [0.717, 1.165) is 30.9 Å². The Morgan fingerprint density at radius 2 is 1.85 bits per heavy atom. The molecule has 2 aromatic rings. The van der Waals surface area contributed by atoms with E-state index in [4.69, 9.17) is 4.98 Å². The summed E-state index contributed by atoms with van der Waals surface area (Å²) in [5, 5.41) is 13.3. The first kappa shape index (κ1) is 23.5. The number of nitrogens with one attached hydrogen (secondary N) is 1. The van der Waals surface area contributed by atoms with E-state index >= 15 is 0 Å². The van der Waals surface area contributed by atoms with Gasteiger partial charge in [0.15, 0.2) is 11.5 Å². The second-order valence-electron chi connectivity index (χ2n) is 11.2. The minimum absolute atomic E-state index is 0.171. The molecule has 1 saturated heterocycles. The lowest BCUT2D eigenvalue weighted by Gasteiger charge is -2.36. The monoisotopic (exact) mass is 468 g/mol. The van der Waals surface area contributed by atoms with Crippen LogP contribution in [0, 0.1) is 17.8 Å². The number of rotatable bonds is 7. The second-order valence-corrected chi connectivity index (χ2v) is 11.2. The van der Waals surface area contributed by atoms with Crippen LogP contribution < -0.4 is 5.32 Å². The smallest absolute Gasteiger partial charge is 0.374 e. The molecule has 3 heterocycles. The summed E-state index contributed by atoms with van der Waals surface area (Å²) >= 11 is 0. The summed E-state index contributed by atoms with van der Waals surface area (Å²) in [4.78, 5) is 28.3. The van der Waals surface area contributed by atoms with E-state index in [1.54, 1.807) is 0 Å². The Hall–Kier alpha value is -2.22. The van der Waals surface area contributed by atoms with Gasteiger partial charge in [0.25, 0.3) is 0 Å². The summed E-state index contributed by atoms with van der Waals surface area (Å²) in [5.74, 6) is 2.27. The van der Waals surface area contributed by atoms with Gasteiger partial charge in [0.1, 0.15) is 11.3 Å². The zero-order chi connectivity index (χ0) is 23.8. The Morgan fingerprint density at radius 3 is 2.53 bits per heavy atom. The summed E-state index contributed by atoms with van der Waals surface area (Å²) < 4.78 is 2.37. The molecule has 34 heavy (non-hydrogen) atoms. The quantitative estimate of drug-likeness (QED) is 0.583. The van der Waals surface area contributed by atoms with E-state index in [1.807, 2.05) is 0 Å². The SMILES string of the molecule is CC1CCN(C)C(c2nc3nc(C(=O)O)nc(NC(C)C4CCC4)c3n2CC2CCCCC2)C1. The molecule has 0 spiro atoms. The van der Waals surface area contributed by atoms with E-state index in [-0.39, 0.29) is 17.9 Å². The summed E-state index contributed by atoms with van der Waals surface area (Å²) in [6, 6.07) is 0.457. The number of imidazole rings is 1. The Bertz CT molecular complexity index is 1030. The molecule has 0 amide bonds. The highest BCUT2D eigenvalue weighted by atomic mass is 16.4. The molecule has 1 aliphatic heterocycles. The highest BCUT2D eigenvalue weighted by Gasteiger charge is 2.33. The zero-order valence-electron chi connectivity index (χ0n) is 21.0. The number of fused-ring (bicyclic) bond motifs is 1. The number of nitrogens with zero attached hydrogens (tertiary/aromatic N) is 5. The Labute approximate surface area is 202 Å². The number of anilines is 1. The normalized spacial score (nSPS) is 25.9. The van der Waals surface area contributed by atoms with Gasteiger partial charge in [-0.25, -0.2) is 19.7 Å². The van der Waals surface area contributed by atoms with Crippen molar-refractivity contribution in [2.75, 3.05) is 18.9 Å². The lowest BCUT2D eigenvalue weighted by molar-refractivity contribution is 0.0684. The highest BCUT2D eigenvalue weighted by molar-refractivity contribution is 5.90. The standard InChI is InChI=1S/C26H40N6O2/c1-16-12-13-31(3)20(14-16)25-30-23-21(32(25)15-18-8-5-4-6-9-18)22(28-24(29-23)26(33)34)27-17(2)19-10-7-11-19/h16-20H,4-15H2,1-3H3,(H,33,34)(H,27,28,29). The molecule has 186 valence electrons. The van der Waals surface area contributed by atoms with Crippen molar-refractivity contribution in [2.24, 2.45) is 17.8 Å². The van der Waals surface area contributed by atoms with Crippen molar-refractivity contribution in [1.82, 2.24) is 24.4 Å². The molecule has 5 rings (SSSR count). The summed E-state index contributed by atoms with van der Waals surface area (Å²) in [6.45, 7) is 6.47. The van der Waals surface area contributed by atoms with Crippen LogP contribution in [0.25, 0.3) is 11.2 Å². The molecule has 8 heteroatoms. The molecule has 3 fully saturated rings. The lowest BCUT2D eigenvalue weighted by Crippen LogP contribution is -2.35. The molecule has 2 saturated carbocycles. The van der Waals surface area contributed by atoms with E-state index < -0.39 is 5.97 Å². The summed E-state index contributed by atoms with van der Waals surface area (Å²) in [6.07, 6.45) is 12.3. The van der Waals surface area contributed by atoms with Crippen molar-refractivity contribution in [1.29, 1.82) is 0 Å². The molecule has 3 atom stereocenters. The number of carboxylic acids is 1. The maximum atomic E-state index is 11.9. The van der Waals surface area contributed by atoms with Crippen LogP contribution in [0.1, 0.15) is 101 Å². The first-order valence-corrected chi connectivity index (χ1v) is 13.4.